The Balaban J connectivity index is 3.06. The average molecular weight is 244 g/mol. The van der Waals surface area contributed by atoms with Gasteiger partial charge in [-0.2, -0.15) is 0 Å². The zero-order chi connectivity index (χ0) is 10.0. The molecule has 1 unspecified atom stereocenters. The van der Waals surface area contributed by atoms with Gasteiger partial charge in [0.25, 0.3) is 0 Å². The second-order valence-corrected chi connectivity index (χ2v) is 3.60. The third-order valence-electron chi connectivity index (χ3n) is 1.06. The highest BCUT2D eigenvalue weighted by molar-refractivity contribution is 7.78. The van der Waals surface area contributed by atoms with Gasteiger partial charge in [0.15, 0.2) is 16.1 Å². The summed E-state index contributed by atoms with van der Waals surface area (Å²) in [6.45, 7) is 0. The number of rotatable bonds is 2. The summed E-state index contributed by atoms with van der Waals surface area (Å²) in [6.07, 6.45) is 0. The SMILES string of the molecule is O=S([O-])Cc1nc(Cl)c(F)c(Cl)n1. The van der Waals surface area contributed by atoms with Crippen LogP contribution < -0.4 is 0 Å². The molecule has 0 aromatic carbocycles. The van der Waals surface area contributed by atoms with Crippen molar-refractivity contribution in [3.8, 4) is 0 Å². The first-order valence-corrected chi connectivity index (χ1v) is 4.94. The maximum absolute atomic E-state index is 12.7. The molecular formula is C5H2Cl2FN2O2S-. The van der Waals surface area contributed by atoms with E-state index in [0.29, 0.717) is 0 Å². The van der Waals surface area contributed by atoms with E-state index in [0.717, 1.165) is 0 Å². The fourth-order valence-electron chi connectivity index (χ4n) is 0.605. The molecule has 1 aromatic rings. The number of halogens is 3. The molecule has 0 aliphatic heterocycles. The molecule has 0 amide bonds. The number of aromatic nitrogens is 2. The van der Waals surface area contributed by atoms with Gasteiger partial charge in [0.05, 0.1) is 5.75 Å². The van der Waals surface area contributed by atoms with Crippen LogP contribution in [0.25, 0.3) is 0 Å². The molecule has 13 heavy (non-hydrogen) atoms. The minimum Gasteiger partial charge on any atom is -0.772 e. The van der Waals surface area contributed by atoms with Gasteiger partial charge in [-0.25, -0.2) is 14.4 Å². The Kier molecular flexibility index (Phi) is 3.55. The van der Waals surface area contributed by atoms with Gasteiger partial charge in [0.2, 0.25) is 0 Å². The predicted molar refractivity (Wildman–Crippen MR) is 44.6 cm³/mol. The fourth-order valence-corrected chi connectivity index (χ4v) is 1.37. The topological polar surface area (TPSA) is 65.9 Å². The summed E-state index contributed by atoms with van der Waals surface area (Å²) >= 11 is 8.23. The monoisotopic (exact) mass is 243 g/mol. The standard InChI is InChI=1S/C5H3Cl2FN2O2S/c6-4-3(8)5(7)10-2(9-4)1-13(11)12/h1H2,(H,11,12)/p-1. The molecule has 4 nitrogen and oxygen atoms in total. The quantitative estimate of drug-likeness (QED) is 0.581. The van der Waals surface area contributed by atoms with E-state index in [9.17, 15) is 13.2 Å². The van der Waals surface area contributed by atoms with Crippen LogP contribution in [0, 0.1) is 5.82 Å². The largest absolute Gasteiger partial charge is 0.772 e. The summed E-state index contributed by atoms with van der Waals surface area (Å²) in [5, 5.41) is -0.971. The van der Waals surface area contributed by atoms with Crippen molar-refractivity contribution >= 4 is 34.3 Å². The Bertz CT molecular complexity index is 339. The van der Waals surface area contributed by atoms with Crippen LogP contribution in [0.2, 0.25) is 10.3 Å². The average Bonchev–Trinajstić information content (AvgIpc) is 1.98. The molecule has 0 aliphatic rings. The molecule has 8 heteroatoms. The van der Waals surface area contributed by atoms with Crippen LogP contribution >= 0.6 is 23.2 Å². The minimum absolute atomic E-state index is 0.135. The molecule has 0 N–H and O–H groups in total. The van der Waals surface area contributed by atoms with Crippen LogP contribution in [0.5, 0.6) is 0 Å². The first kappa shape index (κ1) is 10.8. The fraction of sp³-hybridized carbons (Fsp3) is 0.200. The van der Waals surface area contributed by atoms with Gasteiger partial charge in [-0.3, -0.25) is 4.21 Å². The molecule has 1 aromatic heterocycles. The highest BCUT2D eigenvalue weighted by Gasteiger charge is 2.10. The summed E-state index contributed by atoms with van der Waals surface area (Å²) in [5.41, 5.74) is 0. The molecule has 0 aliphatic carbocycles. The molecule has 1 rings (SSSR count). The molecule has 0 saturated heterocycles. The van der Waals surface area contributed by atoms with Gasteiger partial charge in [-0.15, -0.1) is 0 Å². The van der Waals surface area contributed by atoms with Crippen LogP contribution in [0.1, 0.15) is 5.82 Å². The van der Waals surface area contributed by atoms with Crippen LogP contribution in [0.3, 0.4) is 0 Å². The van der Waals surface area contributed by atoms with Crippen molar-refractivity contribution in [2.75, 3.05) is 0 Å². The predicted octanol–water partition coefficient (Wildman–Crippen LogP) is 1.30. The zero-order valence-electron chi connectivity index (χ0n) is 5.96. The highest BCUT2D eigenvalue weighted by atomic mass is 35.5. The maximum atomic E-state index is 12.7. The Labute approximate surface area is 85.4 Å². The normalized spacial score (nSPS) is 12.9. The Morgan fingerprint density at radius 1 is 1.38 bits per heavy atom. The van der Waals surface area contributed by atoms with Crippen LogP contribution in [-0.4, -0.2) is 18.7 Å². The number of hydrogen-bond donors (Lipinski definition) is 0. The van der Waals surface area contributed by atoms with Gasteiger partial charge < -0.3 is 4.55 Å². The van der Waals surface area contributed by atoms with Gasteiger partial charge in [-0.05, 0) is 11.1 Å². The molecule has 72 valence electrons. The second-order valence-electron chi connectivity index (χ2n) is 1.98. The lowest BCUT2D eigenvalue weighted by Gasteiger charge is -2.04. The van der Waals surface area contributed by atoms with Gasteiger partial charge in [-0.1, -0.05) is 23.2 Å². The van der Waals surface area contributed by atoms with Crippen LogP contribution in [0.4, 0.5) is 4.39 Å². The van der Waals surface area contributed by atoms with Crippen molar-refractivity contribution in [2.24, 2.45) is 0 Å². The van der Waals surface area contributed by atoms with E-state index in [2.05, 4.69) is 9.97 Å². The third kappa shape index (κ3) is 2.84. The van der Waals surface area contributed by atoms with Crippen molar-refractivity contribution in [1.29, 1.82) is 0 Å². The Morgan fingerprint density at radius 3 is 2.23 bits per heavy atom. The van der Waals surface area contributed by atoms with Crippen LogP contribution in [0.15, 0.2) is 0 Å². The van der Waals surface area contributed by atoms with E-state index < -0.39 is 33.0 Å². The molecule has 0 fully saturated rings. The maximum Gasteiger partial charge on any atom is 0.197 e. The van der Waals surface area contributed by atoms with Crippen molar-refractivity contribution in [2.45, 2.75) is 5.75 Å². The van der Waals surface area contributed by atoms with E-state index >= 15 is 0 Å². The highest BCUT2D eigenvalue weighted by Crippen LogP contribution is 2.18. The zero-order valence-corrected chi connectivity index (χ0v) is 8.29. The van der Waals surface area contributed by atoms with Crippen molar-refractivity contribution in [1.82, 2.24) is 9.97 Å². The van der Waals surface area contributed by atoms with Gasteiger partial charge in [0.1, 0.15) is 5.82 Å². The van der Waals surface area contributed by atoms with E-state index in [1.165, 1.54) is 0 Å². The van der Waals surface area contributed by atoms with E-state index in [4.69, 9.17) is 23.2 Å². The van der Waals surface area contributed by atoms with Crippen molar-refractivity contribution in [3.05, 3.63) is 21.9 Å². The van der Waals surface area contributed by atoms with Crippen molar-refractivity contribution in [3.63, 3.8) is 0 Å². The van der Waals surface area contributed by atoms with Gasteiger partial charge >= 0.3 is 0 Å². The van der Waals surface area contributed by atoms with E-state index in [1.54, 1.807) is 0 Å². The minimum atomic E-state index is -2.35. The molecule has 0 bridgehead atoms. The summed E-state index contributed by atoms with van der Waals surface area (Å²) in [4.78, 5) is 6.75. The van der Waals surface area contributed by atoms with Gasteiger partial charge in [0, 0.05) is 0 Å². The summed E-state index contributed by atoms with van der Waals surface area (Å²) in [5.74, 6) is -1.53. The molecule has 0 saturated carbocycles. The van der Waals surface area contributed by atoms with Crippen molar-refractivity contribution < 1.29 is 13.2 Å². The molecule has 1 atom stereocenters. The summed E-state index contributed by atoms with van der Waals surface area (Å²) < 4.78 is 33.1. The molecular weight excluding hydrogens is 242 g/mol. The Morgan fingerprint density at radius 2 is 1.85 bits per heavy atom. The lowest BCUT2D eigenvalue weighted by molar-refractivity contribution is 0.534. The molecule has 1 heterocycles. The molecule has 0 spiro atoms. The Hall–Kier alpha value is -0.300. The smallest absolute Gasteiger partial charge is 0.197 e. The lowest BCUT2D eigenvalue weighted by Crippen LogP contribution is -2.02. The van der Waals surface area contributed by atoms with Crippen LogP contribution in [-0.2, 0) is 16.8 Å². The second kappa shape index (κ2) is 4.28. The number of hydrogen-bond acceptors (Lipinski definition) is 4. The summed E-state index contributed by atoms with van der Waals surface area (Å²) in [6, 6.07) is 0. The third-order valence-corrected chi connectivity index (χ3v) is 2.06. The van der Waals surface area contributed by atoms with E-state index in [1.807, 2.05) is 0 Å². The molecule has 0 radical (unpaired) electrons. The number of nitrogens with zero attached hydrogens (tertiary/aromatic N) is 2. The lowest BCUT2D eigenvalue weighted by atomic mass is 10.6. The van der Waals surface area contributed by atoms with E-state index in [-0.39, 0.29) is 5.82 Å². The summed E-state index contributed by atoms with van der Waals surface area (Å²) in [7, 11) is 0. The first-order chi connectivity index (χ1) is 6.00. The first-order valence-electron chi connectivity index (χ1n) is 2.94.